The number of aliphatic hydroxyl groups excluding tert-OH is 1. The molecule has 0 aliphatic heterocycles. The van der Waals surface area contributed by atoms with E-state index < -0.39 is 11.9 Å². The van der Waals surface area contributed by atoms with Gasteiger partial charge in [0.15, 0.2) is 0 Å². The van der Waals surface area contributed by atoms with Gasteiger partial charge < -0.3 is 14.6 Å². The van der Waals surface area contributed by atoms with Crippen molar-refractivity contribution in [2.45, 2.75) is 0 Å². The first-order valence-electron chi connectivity index (χ1n) is 4.90. The SMILES string of the molecule is COC(=O)c1cc(C(=O)OC)c(C#CCO)cn1. The van der Waals surface area contributed by atoms with Crippen LogP contribution in [0.1, 0.15) is 26.4 Å². The molecule has 94 valence electrons. The third-order valence-electron chi connectivity index (χ3n) is 2.01. The monoisotopic (exact) mass is 249 g/mol. The molecule has 0 saturated heterocycles. The van der Waals surface area contributed by atoms with Gasteiger partial charge in [0.2, 0.25) is 0 Å². The van der Waals surface area contributed by atoms with Gasteiger partial charge >= 0.3 is 11.9 Å². The number of carbonyl (C=O) groups excluding carboxylic acids is 2. The molecule has 1 heterocycles. The Balaban J connectivity index is 3.29. The lowest BCUT2D eigenvalue weighted by Crippen LogP contribution is -2.10. The molecule has 0 fully saturated rings. The molecule has 0 aromatic carbocycles. The Hall–Kier alpha value is -2.39. The summed E-state index contributed by atoms with van der Waals surface area (Å²) in [6, 6.07) is 1.24. The number of nitrogens with zero attached hydrogens (tertiary/aromatic N) is 1. The number of ether oxygens (including phenoxy) is 2. The maximum Gasteiger partial charge on any atom is 0.356 e. The molecule has 0 spiro atoms. The van der Waals surface area contributed by atoms with Gasteiger partial charge in [-0.25, -0.2) is 14.6 Å². The molecule has 1 N–H and O–H groups in total. The standard InChI is InChI=1S/C12H11NO5/c1-17-11(15)9-6-10(12(16)18-2)13-7-8(9)4-3-5-14/h6-7,14H,5H2,1-2H3. The molecular formula is C12H11NO5. The first kappa shape index (κ1) is 13.7. The van der Waals surface area contributed by atoms with Gasteiger partial charge in [-0.15, -0.1) is 0 Å². The minimum atomic E-state index is -0.665. The van der Waals surface area contributed by atoms with Crippen molar-refractivity contribution < 1.29 is 24.2 Å². The zero-order valence-electron chi connectivity index (χ0n) is 9.89. The highest BCUT2D eigenvalue weighted by molar-refractivity contribution is 5.95. The molecule has 0 radical (unpaired) electrons. The van der Waals surface area contributed by atoms with Crippen molar-refractivity contribution in [3.8, 4) is 11.8 Å². The third kappa shape index (κ3) is 3.06. The molecule has 0 aliphatic rings. The number of hydrogen-bond donors (Lipinski definition) is 1. The first-order valence-corrected chi connectivity index (χ1v) is 4.90. The number of methoxy groups -OCH3 is 2. The molecule has 0 aliphatic carbocycles. The Bertz CT molecular complexity index is 527. The zero-order valence-corrected chi connectivity index (χ0v) is 9.89. The number of hydrogen-bond acceptors (Lipinski definition) is 6. The highest BCUT2D eigenvalue weighted by Gasteiger charge is 2.16. The fourth-order valence-corrected chi connectivity index (χ4v) is 1.18. The van der Waals surface area contributed by atoms with E-state index in [9.17, 15) is 9.59 Å². The average Bonchev–Trinajstić information content (AvgIpc) is 2.43. The molecular weight excluding hydrogens is 238 g/mol. The van der Waals surface area contributed by atoms with Gasteiger partial charge in [-0.1, -0.05) is 11.8 Å². The van der Waals surface area contributed by atoms with E-state index in [0.29, 0.717) is 0 Å². The predicted molar refractivity (Wildman–Crippen MR) is 60.9 cm³/mol. The van der Waals surface area contributed by atoms with Gasteiger partial charge in [-0.3, -0.25) is 0 Å². The molecule has 0 amide bonds. The second-order valence-electron chi connectivity index (χ2n) is 3.06. The molecule has 0 atom stereocenters. The molecule has 1 aromatic heterocycles. The van der Waals surface area contributed by atoms with E-state index in [2.05, 4.69) is 26.3 Å². The van der Waals surface area contributed by atoms with E-state index >= 15 is 0 Å². The van der Waals surface area contributed by atoms with Crippen LogP contribution >= 0.6 is 0 Å². The third-order valence-corrected chi connectivity index (χ3v) is 2.01. The fourth-order valence-electron chi connectivity index (χ4n) is 1.18. The van der Waals surface area contributed by atoms with Crippen molar-refractivity contribution in [2.24, 2.45) is 0 Å². The van der Waals surface area contributed by atoms with Crippen LogP contribution in [-0.4, -0.2) is 42.9 Å². The summed E-state index contributed by atoms with van der Waals surface area (Å²) >= 11 is 0. The summed E-state index contributed by atoms with van der Waals surface area (Å²) in [5, 5.41) is 8.61. The van der Waals surface area contributed by atoms with Gasteiger partial charge in [0.25, 0.3) is 0 Å². The minimum Gasteiger partial charge on any atom is -0.465 e. The quantitative estimate of drug-likeness (QED) is 0.586. The smallest absolute Gasteiger partial charge is 0.356 e. The minimum absolute atomic E-state index is 0.0209. The van der Waals surface area contributed by atoms with Crippen molar-refractivity contribution in [3.05, 3.63) is 29.1 Å². The van der Waals surface area contributed by atoms with Crippen LogP contribution in [0.25, 0.3) is 0 Å². The van der Waals surface area contributed by atoms with Crippen LogP contribution in [0.5, 0.6) is 0 Å². The summed E-state index contributed by atoms with van der Waals surface area (Å²) in [6.07, 6.45) is 1.25. The Kier molecular flexibility index (Phi) is 4.84. The number of aromatic nitrogens is 1. The second-order valence-corrected chi connectivity index (χ2v) is 3.06. The Morgan fingerprint density at radius 1 is 1.33 bits per heavy atom. The molecule has 0 unspecified atom stereocenters. The summed E-state index contributed by atoms with van der Waals surface area (Å²) in [5.41, 5.74) is 0.338. The van der Waals surface area contributed by atoms with Crippen molar-refractivity contribution in [1.82, 2.24) is 4.98 Å². The van der Waals surface area contributed by atoms with Gasteiger partial charge in [0.05, 0.1) is 25.3 Å². The lowest BCUT2D eigenvalue weighted by Gasteiger charge is -2.04. The zero-order chi connectivity index (χ0) is 13.5. The van der Waals surface area contributed by atoms with Crippen LogP contribution in [0.4, 0.5) is 0 Å². The van der Waals surface area contributed by atoms with Crippen molar-refractivity contribution in [1.29, 1.82) is 0 Å². The molecule has 6 nitrogen and oxygen atoms in total. The Labute approximate surface area is 104 Å². The number of rotatable bonds is 2. The van der Waals surface area contributed by atoms with Gasteiger partial charge in [-0.2, -0.15) is 0 Å². The van der Waals surface area contributed by atoms with Crippen molar-refractivity contribution >= 4 is 11.9 Å². The molecule has 6 heteroatoms. The number of pyridine rings is 1. The normalized spacial score (nSPS) is 9.06. The van der Waals surface area contributed by atoms with E-state index in [1.54, 1.807) is 0 Å². The highest BCUT2D eigenvalue weighted by Crippen LogP contribution is 2.11. The van der Waals surface area contributed by atoms with Gasteiger partial charge in [0, 0.05) is 6.20 Å². The number of esters is 2. The van der Waals surface area contributed by atoms with E-state index in [1.165, 1.54) is 26.5 Å². The fraction of sp³-hybridized carbons (Fsp3) is 0.250. The van der Waals surface area contributed by atoms with Crippen LogP contribution in [-0.2, 0) is 9.47 Å². The van der Waals surface area contributed by atoms with E-state index in [1.807, 2.05) is 0 Å². The van der Waals surface area contributed by atoms with Crippen molar-refractivity contribution in [3.63, 3.8) is 0 Å². The molecule has 0 bridgehead atoms. The molecule has 1 aromatic rings. The summed E-state index contributed by atoms with van der Waals surface area (Å²) in [5.74, 6) is 3.62. The average molecular weight is 249 g/mol. The van der Waals surface area contributed by atoms with E-state index in [-0.39, 0.29) is 23.4 Å². The first-order chi connectivity index (χ1) is 8.63. The number of carbonyl (C=O) groups is 2. The molecule has 18 heavy (non-hydrogen) atoms. The van der Waals surface area contributed by atoms with E-state index in [0.717, 1.165) is 0 Å². The summed E-state index contributed by atoms with van der Waals surface area (Å²) in [6.45, 7) is -0.348. The van der Waals surface area contributed by atoms with Crippen molar-refractivity contribution in [2.75, 3.05) is 20.8 Å². The molecule has 1 rings (SSSR count). The van der Waals surface area contributed by atoms with E-state index in [4.69, 9.17) is 5.11 Å². The summed E-state index contributed by atoms with van der Waals surface area (Å²) < 4.78 is 9.07. The van der Waals surface area contributed by atoms with Crippen LogP contribution in [0.3, 0.4) is 0 Å². The van der Waals surface area contributed by atoms with Crippen LogP contribution in [0.2, 0.25) is 0 Å². The van der Waals surface area contributed by atoms with Crippen LogP contribution in [0.15, 0.2) is 12.3 Å². The van der Waals surface area contributed by atoms with Crippen LogP contribution in [0, 0.1) is 11.8 Å². The lowest BCUT2D eigenvalue weighted by atomic mass is 10.1. The topological polar surface area (TPSA) is 85.7 Å². The maximum absolute atomic E-state index is 11.5. The second kappa shape index (κ2) is 6.37. The molecule has 0 saturated carbocycles. The number of aliphatic hydroxyl groups is 1. The summed E-state index contributed by atoms with van der Waals surface area (Å²) in [4.78, 5) is 26.6. The maximum atomic E-state index is 11.5. The summed E-state index contributed by atoms with van der Waals surface area (Å²) in [7, 11) is 2.42. The van der Waals surface area contributed by atoms with Crippen LogP contribution < -0.4 is 0 Å². The Morgan fingerprint density at radius 3 is 2.56 bits per heavy atom. The predicted octanol–water partition coefficient (Wildman–Crippen LogP) is -0.00140. The highest BCUT2D eigenvalue weighted by atomic mass is 16.5. The van der Waals surface area contributed by atoms with Gasteiger partial charge in [0.1, 0.15) is 12.3 Å². The Morgan fingerprint density at radius 2 is 2.00 bits per heavy atom. The van der Waals surface area contributed by atoms with Gasteiger partial charge in [-0.05, 0) is 6.07 Å². The largest absolute Gasteiger partial charge is 0.465 e. The lowest BCUT2D eigenvalue weighted by molar-refractivity contribution is 0.0593.